The van der Waals surface area contributed by atoms with Crippen LogP contribution in [0.5, 0.6) is 0 Å². The Balaban J connectivity index is 1.54. The van der Waals surface area contributed by atoms with Gasteiger partial charge in [-0.1, -0.05) is 23.7 Å². The standard InChI is InChI=1S/C16H15ClN6O2S/c17-10-5-3-9(4-6-10)11-8-26-16(19-11)23-14(18)21-15(22-23)20-13(24)12-2-1-7-25-12/h3-6,8,12H,1-2,7H2,(H3,18,20,21,22,24). The van der Waals surface area contributed by atoms with Crippen molar-refractivity contribution < 1.29 is 9.53 Å². The summed E-state index contributed by atoms with van der Waals surface area (Å²) in [6.07, 6.45) is 1.10. The normalized spacial score (nSPS) is 16.7. The van der Waals surface area contributed by atoms with Gasteiger partial charge in [-0.05, 0) is 25.0 Å². The molecule has 2 aromatic heterocycles. The number of hydrogen-bond acceptors (Lipinski definition) is 7. The fourth-order valence-corrected chi connectivity index (χ4v) is 3.52. The van der Waals surface area contributed by atoms with Crippen LogP contribution in [0, 0.1) is 0 Å². The van der Waals surface area contributed by atoms with Crippen molar-refractivity contribution in [2.24, 2.45) is 0 Å². The second kappa shape index (κ2) is 7.02. The third-order valence-corrected chi connectivity index (χ3v) is 4.97. The van der Waals surface area contributed by atoms with Gasteiger partial charge in [-0.2, -0.15) is 9.67 Å². The molecule has 1 aliphatic heterocycles. The molecule has 1 atom stereocenters. The van der Waals surface area contributed by atoms with Crippen molar-refractivity contribution in [1.82, 2.24) is 19.7 Å². The Morgan fingerprint density at radius 1 is 1.35 bits per heavy atom. The van der Waals surface area contributed by atoms with Gasteiger partial charge in [0.15, 0.2) is 0 Å². The lowest BCUT2D eigenvalue weighted by molar-refractivity contribution is -0.124. The molecule has 0 saturated carbocycles. The van der Waals surface area contributed by atoms with E-state index in [4.69, 9.17) is 22.1 Å². The van der Waals surface area contributed by atoms with Gasteiger partial charge in [0.1, 0.15) is 6.10 Å². The van der Waals surface area contributed by atoms with Crippen LogP contribution < -0.4 is 11.1 Å². The molecule has 0 aliphatic carbocycles. The first-order valence-electron chi connectivity index (χ1n) is 7.97. The Morgan fingerprint density at radius 3 is 2.88 bits per heavy atom. The number of nitrogens with one attached hydrogen (secondary N) is 1. The first kappa shape index (κ1) is 17.0. The van der Waals surface area contributed by atoms with Gasteiger partial charge in [0, 0.05) is 22.6 Å². The van der Waals surface area contributed by atoms with Crippen LogP contribution in [0.3, 0.4) is 0 Å². The molecule has 1 fully saturated rings. The van der Waals surface area contributed by atoms with Crippen molar-refractivity contribution in [3.8, 4) is 16.4 Å². The molecule has 4 rings (SSSR count). The van der Waals surface area contributed by atoms with Crippen LogP contribution in [0.4, 0.5) is 11.9 Å². The summed E-state index contributed by atoms with van der Waals surface area (Å²) in [5, 5.41) is 9.98. The van der Waals surface area contributed by atoms with Crippen molar-refractivity contribution >= 4 is 40.7 Å². The largest absolute Gasteiger partial charge is 0.368 e. The maximum atomic E-state index is 12.1. The molecule has 1 amide bonds. The lowest BCUT2D eigenvalue weighted by Gasteiger charge is -2.06. The van der Waals surface area contributed by atoms with Crippen molar-refractivity contribution in [2.45, 2.75) is 18.9 Å². The monoisotopic (exact) mass is 390 g/mol. The van der Waals surface area contributed by atoms with Crippen LogP contribution in [0.2, 0.25) is 5.02 Å². The minimum Gasteiger partial charge on any atom is -0.368 e. The number of carbonyl (C=O) groups is 1. The Morgan fingerprint density at radius 2 is 2.15 bits per heavy atom. The second-order valence-corrected chi connectivity index (χ2v) is 6.99. The minimum atomic E-state index is -0.459. The van der Waals surface area contributed by atoms with Gasteiger partial charge >= 0.3 is 0 Å². The maximum absolute atomic E-state index is 12.1. The highest BCUT2D eigenvalue weighted by molar-refractivity contribution is 7.12. The Hall–Kier alpha value is -2.49. The smallest absolute Gasteiger partial charge is 0.255 e. The zero-order chi connectivity index (χ0) is 18.1. The molecule has 1 aliphatic rings. The summed E-state index contributed by atoms with van der Waals surface area (Å²) in [6.45, 7) is 0.592. The number of ether oxygens (including phenoxy) is 1. The third kappa shape index (κ3) is 3.41. The highest BCUT2D eigenvalue weighted by Crippen LogP contribution is 2.26. The molecule has 3 N–H and O–H groups in total. The van der Waals surface area contributed by atoms with E-state index in [0.29, 0.717) is 23.2 Å². The lowest BCUT2D eigenvalue weighted by atomic mass is 10.2. The molecule has 8 nitrogen and oxygen atoms in total. The van der Waals surface area contributed by atoms with E-state index >= 15 is 0 Å². The van der Waals surface area contributed by atoms with E-state index in [9.17, 15) is 4.79 Å². The zero-order valence-electron chi connectivity index (χ0n) is 13.6. The molecule has 1 aromatic carbocycles. The Bertz CT molecular complexity index is 933. The van der Waals surface area contributed by atoms with Gasteiger partial charge in [0.05, 0.1) is 5.69 Å². The van der Waals surface area contributed by atoms with Crippen molar-refractivity contribution in [1.29, 1.82) is 0 Å². The molecule has 3 aromatic rings. The van der Waals surface area contributed by atoms with Gasteiger partial charge in [-0.25, -0.2) is 4.98 Å². The molecule has 10 heteroatoms. The van der Waals surface area contributed by atoms with E-state index < -0.39 is 6.10 Å². The molecule has 0 bridgehead atoms. The number of rotatable bonds is 4. The average Bonchev–Trinajstić information content (AvgIpc) is 3.35. The number of nitrogen functional groups attached to an aromatic ring is 1. The van der Waals surface area contributed by atoms with Gasteiger partial charge < -0.3 is 10.5 Å². The lowest BCUT2D eigenvalue weighted by Crippen LogP contribution is -2.27. The van der Waals surface area contributed by atoms with E-state index in [-0.39, 0.29) is 17.8 Å². The number of thiazole rings is 1. The summed E-state index contributed by atoms with van der Waals surface area (Å²) in [4.78, 5) is 20.7. The summed E-state index contributed by atoms with van der Waals surface area (Å²) < 4.78 is 6.74. The molecule has 26 heavy (non-hydrogen) atoms. The summed E-state index contributed by atoms with van der Waals surface area (Å²) >= 11 is 7.28. The number of nitrogens with zero attached hydrogens (tertiary/aromatic N) is 4. The number of nitrogens with two attached hydrogens (primary N) is 1. The van der Waals surface area contributed by atoms with Crippen LogP contribution in [0.15, 0.2) is 29.6 Å². The van der Waals surface area contributed by atoms with Crippen LogP contribution in [-0.4, -0.2) is 38.4 Å². The predicted molar refractivity (Wildman–Crippen MR) is 99.5 cm³/mol. The quantitative estimate of drug-likeness (QED) is 0.709. The first-order chi connectivity index (χ1) is 12.6. The fourth-order valence-electron chi connectivity index (χ4n) is 2.61. The summed E-state index contributed by atoms with van der Waals surface area (Å²) in [7, 11) is 0. The highest BCUT2D eigenvalue weighted by atomic mass is 35.5. The van der Waals surface area contributed by atoms with Crippen molar-refractivity contribution in [2.75, 3.05) is 17.7 Å². The van der Waals surface area contributed by atoms with Crippen molar-refractivity contribution in [3.05, 3.63) is 34.7 Å². The Labute approximate surface area is 158 Å². The summed E-state index contributed by atoms with van der Waals surface area (Å²) in [5.74, 6) is 0.0107. The maximum Gasteiger partial charge on any atom is 0.255 e. The van der Waals surface area contributed by atoms with Gasteiger partial charge in [-0.3, -0.25) is 10.1 Å². The third-order valence-electron chi connectivity index (χ3n) is 3.90. The van der Waals surface area contributed by atoms with E-state index in [1.165, 1.54) is 16.0 Å². The number of amides is 1. The molecule has 1 saturated heterocycles. The zero-order valence-corrected chi connectivity index (χ0v) is 15.1. The molecule has 0 radical (unpaired) electrons. The average molecular weight is 391 g/mol. The number of benzene rings is 1. The van der Waals surface area contributed by atoms with E-state index in [1.807, 2.05) is 17.5 Å². The van der Waals surface area contributed by atoms with Gasteiger partial charge in [0.2, 0.25) is 11.1 Å². The van der Waals surface area contributed by atoms with Gasteiger partial charge in [0.25, 0.3) is 11.9 Å². The van der Waals surface area contributed by atoms with Crippen LogP contribution in [-0.2, 0) is 9.53 Å². The number of aromatic nitrogens is 4. The second-order valence-electron chi connectivity index (χ2n) is 5.72. The van der Waals surface area contributed by atoms with Gasteiger partial charge in [-0.15, -0.1) is 16.4 Å². The molecular weight excluding hydrogens is 376 g/mol. The molecule has 0 spiro atoms. The number of hydrogen-bond donors (Lipinski definition) is 2. The topological polar surface area (TPSA) is 108 Å². The Kier molecular flexibility index (Phi) is 4.58. The van der Waals surface area contributed by atoms with E-state index in [2.05, 4.69) is 20.4 Å². The number of anilines is 2. The van der Waals surface area contributed by atoms with E-state index in [0.717, 1.165) is 17.7 Å². The molecule has 134 valence electrons. The SMILES string of the molecule is Nc1nc(NC(=O)C2CCCO2)nn1-c1nc(-c2ccc(Cl)cc2)cs1. The molecule has 3 heterocycles. The van der Waals surface area contributed by atoms with Crippen molar-refractivity contribution in [3.63, 3.8) is 0 Å². The first-order valence-corrected chi connectivity index (χ1v) is 9.23. The van der Waals surface area contributed by atoms with E-state index in [1.54, 1.807) is 12.1 Å². The summed E-state index contributed by atoms with van der Waals surface area (Å²) in [6, 6.07) is 7.38. The highest BCUT2D eigenvalue weighted by Gasteiger charge is 2.25. The predicted octanol–water partition coefficient (Wildman–Crippen LogP) is 2.74. The fraction of sp³-hybridized carbons (Fsp3) is 0.250. The molecular formula is C16H15ClN6O2S. The number of halogens is 1. The van der Waals surface area contributed by atoms with Crippen LogP contribution in [0.25, 0.3) is 16.4 Å². The van der Waals surface area contributed by atoms with Crippen LogP contribution >= 0.6 is 22.9 Å². The number of carbonyl (C=O) groups excluding carboxylic acids is 1. The molecule has 1 unspecified atom stereocenters. The van der Waals surface area contributed by atoms with Crippen LogP contribution in [0.1, 0.15) is 12.8 Å². The summed E-state index contributed by atoms with van der Waals surface area (Å²) in [5.41, 5.74) is 7.64. The minimum absolute atomic E-state index is 0.131.